The monoisotopic (exact) mass is 325 g/mol. The summed E-state index contributed by atoms with van der Waals surface area (Å²) in [5.74, 6) is -0.0447. The van der Waals surface area contributed by atoms with E-state index in [1.165, 1.54) is 12.1 Å². The maximum atomic E-state index is 13.1. The standard InChI is InChI=1S/C15H10Cl2FNO2/c16-11-6-9(18)2-3-10(11)15(17)8-1-4-13-12(5-8)19-14(20)7-21-13/h1-6,15H,7H2,(H,19,20). The van der Waals surface area contributed by atoms with Gasteiger partial charge in [0.25, 0.3) is 5.91 Å². The molecule has 1 aliphatic heterocycles. The smallest absolute Gasteiger partial charge is 0.262 e. The Balaban J connectivity index is 1.96. The molecule has 108 valence electrons. The first-order valence-electron chi connectivity index (χ1n) is 6.20. The van der Waals surface area contributed by atoms with Gasteiger partial charge in [0.15, 0.2) is 6.61 Å². The second-order valence-corrected chi connectivity index (χ2v) is 5.46. The third-order valence-corrected chi connectivity index (χ3v) is 3.98. The summed E-state index contributed by atoms with van der Waals surface area (Å²) in [6.45, 7) is 0.000437. The minimum absolute atomic E-state index is 0.000437. The lowest BCUT2D eigenvalue weighted by Gasteiger charge is -2.20. The van der Waals surface area contributed by atoms with Crippen molar-refractivity contribution in [3.63, 3.8) is 0 Å². The average Bonchev–Trinajstić information content (AvgIpc) is 2.46. The average molecular weight is 326 g/mol. The van der Waals surface area contributed by atoms with Crippen molar-refractivity contribution in [1.29, 1.82) is 0 Å². The molecule has 1 unspecified atom stereocenters. The number of hydrogen-bond acceptors (Lipinski definition) is 2. The summed E-state index contributed by atoms with van der Waals surface area (Å²) in [5.41, 5.74) is 1.89. The molecule has 3 rings (SSSR count). The van der Waals surface area contributed by atoms with Crippen molar-refractivity contribution in [1.82, 2.24) is 0 Å². The number of hydrogen-bond donors (Lipinski definition) is 1. The van der Waals surface area contributed by atoms with Crippen molar-refractivity contribution < 1.29 is 13.9 Å². The number of fused-ring (bicyclic) bond motifs is 1. The zero-order chi connectivity index (χ0) is 15.0. The summed E-state index contributed by atoms with van der Waals surface area (Å²) in [6, 6.07) is 9.31. The molecule has 2 aromatic rings. The number of benzene rings is 2. The summed E-state index contributed by atoms with van der Waals surface area (Å²) in [7, 11) is 0. The molecule has 0 saturated carbocycles. The Morgan fingerprint density at radius 1 is 1.24 bits per heavy atom. The molecule has 1 N–H and O–H groups in total. The number of carbonyl (C=O) groups excluding carboxylic acids is 1. The van der Waals surface area contributed by atoms with E-state index < -0.39 is 11.2 Å². The zero-order valence-electron chi connectivity index (χ0n) is 10.7. The molecule has 1 amide bonds. The summed E-state index contributed by atoms with van der Waals surface area (Å²) >= 11 is 12.4. The fourth-order valence-electron chi connectivity index (χ4n) is 2.14. The number of anilines is 1. The van der Waals surface area contributed by atoms with Crippen LogP contribution in [0, 0.1) is 5.82 Å². The Kier molecular flexibility index (Phi) is 3.74. The quantitative estimate of drug-likeness (QED) is 0.843. The van der Waals surface area contributed by atoms with E-state index in [4.69, 9.17) is 27.9 Å². The van der Waals surface area contributed by atoms with E-state index in [-0.39, 0.29) is 17.5 Å². The molecule has 0 fully saturated rings. The van der Waals surface area contributed by atoms with Gasteiger partial charge in [-0.25, -0.2) is 4.39 Å². The first-order chi connectivity index (χ1) is 10.0. The van der Waals surface area contributed by atoms with E-state index in [1.807, 2.05) is 0 Å². The van der Waals surface area contributed by atoms with Gasteiger partial charge in [0.1, 0.15) is 11.6 Å². The Labute approximate surface area is 130 Å². The molecule has 0 bridgehead atoms. The minimum atomic E-state index is -0.553. The summed E-state index contributed by atoms with van der Waals surface area (Å²) < 4.78 is 18.4. The molecule has 1 atom stereocenters. The van der Waals surface area contributed by atoms with Gasteiger partial charge in [0.05, 0.1) is 11.1 Å². The Hall–Kier alpha value is -1.78. The van der Waals surface area contributed by atoms with Crippen LogP contribution in [-0.4, -0.2) is 12.5 Å². The van der Waals surface area contributed by atoms with Crippen molar-refractivity contribution in [2.45, 2.75) is 5.38 Å². The highest BCUT2D eigenvalue weighted by molar-refractivity contribution is 6.33. The highest BCUT2D eigenvalue weighted by Crippen LogP contribution is 2.37. The fraction of sp³-hybridized carbons (Fsp3) is 0.133. The van der Waals surface area contributed by atoms with E-state index in [0.717, 1.165) is 5.56 Å². The molecule has 6 heteroatoms. The van der Waals surface area contributed by atoms with Crippen LogP contribution in [0.4, 0.5) is 10.1 Å². The number of carbonyl (C=O) groups is 1. The van der Waals surface area contributed by atoms with Gasteiger partial charge in [-0.15, -0.1) is 11.6 Å². The number of rotatable bonds is 2. The molecule has 21 heavy (non-hydrogen) atoms. The molecular formula is C15H10Cl2FNO2. The molecule has 0 aliphatic carbocycles. The third-order valence-electron chi connectivity index (χ3n) is 3.16. The number of alkyl halides is 1. The van der Waals surface area contributed by atoms with Gasteiger partial charge in [-0.3, -0.25) is 4.79 Å². The van der Waals surface area contributed by atoms with Gasteiger partial charge in [-0.05, 0) is 35.4 Å². The lowest BCUT2D eigenvalue weighted by atomic mass is 10.0. The first kappa shape index (κ1) is 14.2. The molecule has 0 radical (unpaired) electrons. The number of amides is 1. The highest BCUT2D eigenvalue weighted by atomic mass is 35.5. The summed E-state index contributed by atoms with van der Waals surface area (Å²) in [5, 5.41) is 2.42. The minimum Gasteiger partial charge on any atom is -0.482 e. The van der Waals surface area contributed by atoms with E-state index in [2.05, 4.69) is 5.32 Å². The molecule has 1 heterocycles. The lowest BCUT2D eigenvalue weighted by molar-refractivity contribution is -0.118. The summed E-state index contributed by atoms with van der Waals surface area (Å²) in [6.07, 6.45) is 0. The van der Waals surface area contributed by atoms with E-state index in [0.29, 0.717) is 17.0 Å². The van der Waals surface area contributed by atoms with Crippen LogP contribution in [0.1, 0.15) is 16.5 Å². The van der Waals surface area contributed by atoms with Crippen LogP contribution in [-0.2, 0) is 4.79 Å². The van der Waals surface area contributed by atoms with Crippen molar-refractivity contribution in [2.24, 2.45) is 0 Å². The molecule has 3 nitrogen and oxygen atoms in total. The normalized spacial score (nSPS) is 14.9. The van der Waals surface area contributed by atoms with Gasteiger partial charge in [0, 0.05) is 5.02 Å². The van der Waals surface area contributed by atoms with Gasteiger partial charge in [-0.1, -0.05) is 23.7 Å². The van der Waals surface area contributed by atoms with Crippen molar-refractivity contribution >= 4 is 34.8 Å². The molecular weight excluding hydrogens is 316 g/mol. The van der Waals surface area contributed by atoms with E-state index in [9.17, 15) is 9.18 Å². The fourth-order valence-corrected chi connectivity index (χ4v) is 2.80. The van der Waals surface area contributed by atoms with Gasteiger partial charge < -0.3 is 10.1 Å². The topological polar surface area (TPSA) is 38.3 Å². The number of nitrogens with one attached hydrogen (secondary N) is 1. The van der Waals surface area contributed by atoms with Crippen LogP contribution in [0.15, 0.2) is 36.4 Å². The Morgan fingerprint density at radius 3 is 2.81 bits per heavy atom. The van der Waals surface area contributed by atoms with Crippen LogP contribution >= 0.6 is 23.2 Å². The largest absolute Gasteiger partial charge is 0.482 e. The molecule has 0 spiro atoms. The molecule has 0 aromatic heterocycles. The van der Waals surface area contributed by atoms with Crippen LogP contribution < -0.4 is 10.1 Å². The third kappa shape index (κ3) is 2.82. The van der Waals surface area contributed by atoms with Gasteiger partial charge >= 0.3 is 0 Å². The molecule has 1 aliphatic rings. The van der Waals surface area contributed by atoms with Crippen molar-refractivity contribution in [3.05, 3.63) is 58.4 Å². The van der Waals surface area contributed by atoms with E-state index in [1.54, 1.807) is 24.3 Å². The maximum absolute atomic E-state index is 13.1. The predicted molar refractivity (Wildman–Crippen MR) is 79.7 cm³/mol. The van der Waals surface area contributed by atoms with Gasteiger partial charge in [0.2, 0.25) is 0 Å². The van der Waals surface area contributed by atoms with Gasteiger partial charge in [-0.2, -0.15) is 0 Å². The Bertz CT molecular complexity index is 721. The highest BCUT2D eigenvalue weighted by Gasteiger charge is 2.20. The SMILES string of the molecule is O=C1COc2ccc(C(Cl)c3ccc(F)cc3Cl)cc2N1. The van der Waals surface area contributed by atoms with E-state index >= 15 is 0 Å². The lowest BCUT2D eigenvalue weighted by Crippen LogP contribution is -2.25. The van der Waals surface area contributed by atoms with Crippen LogP contribution in [0.5, 0.6) is 5.75 Å². The van der Waals surface area contributed by atoms with Crippen LogP contribution in [0.25, 0.3) is 0 Å². The summed E-state index contributed by atoms with van der Waals surface area (Å²) in [4.78, 5) is 11.3. The Morgan fingerprint density at radius 2 is 2.05 bits per heavy atom. The second-order valence-electron chi connectivity index (χ2n) is 4.62. The van der Waals surface area contributed by atoms with Crippen molar-refractivity contribution in [2.75, 3.05) is 11.9 Å². The predicted octanol–water partition coefficient (Wildman–Crippen LogP) is 4.14. The zero-order valence-corrected chi connectivity index (χ0v) is 12.2. The van der Waals surface area contributed by atoms with Crippen LogP contribution in [0.2, 0.25) is 5.02 Å². The van der Waals surface area contributed by atoms with Crippen molar-refractivity contribution in [3.8, 4) is 5.75 Å². The second kappa shape index (κ2) is 5.54. The maximum Gasteiger partial charge on any atom is 0.262 e. The molecule has 2 aromatic carbocycles. The molecule has 0 saturated heterocycles. The van der Waals surface area contributed by atoms with Crippen LogP contribution in [0.3, 0.4) is 0 Å². The number of halogens is 3. The number of ether oxygens (including phenoxy) is 1. The first-order valence-corrected chi connectivity index (χ1v) is 7.01.